The molecule has 0 radical (unpaired) electrons. The molecule has 2 heteroatoms. The van der Waals surface area contributed by atoms with Gasteiger partial charge in [-0.2, -0.15) is 0 Å². The molecule has 0 atom stereocenters. The molecule has 4 heavy (non-hydrogen) atoms. The van der Waals surface area contributed by atoms with Crippen LogP contribution in [0.1, 0.15) is 0 Å². The molecule has 0 bridgehead atoms. The Morgan fingerprint density at radius 2 is 2.25 bits per heavy atom. The fraction of sp³-hybridized carbons (Fsp3) is 0.500. The first-order chi connectivity index (χ1) is 1.91. The minimum absolute atomic E-state index is 1.50. The Kier molecular flexibility index (Phi) is 3.67. The molecule has 0 unspecified atom stereocenters. The van der Waals surface area contributed by atoms with E-state index in [0.717, 1.165) is 0 Å². The number of hydrogen-bond acceptors (Lipinski definition) is 1. The number of methoxy groups -OCH3 is 1. The van der Waals surface area contributed by atoms with E-state index in [-0.39, 0.29) is 0 Å². The summed E-state index contributed by atoms with van der Waals surface area (Å²) < 4.78 is 4.36. The molecular formula is C2H4CrO. The molecule has 0 aliphatic rings. The molecule has 24 valence electrons. The Balaban J connectivity index is 2.30. The summed E-state index contributed by atoms with van der Waals surface area (Å²) in [6.07, 6.45) is 0. The normalized spacial score (nSPS) is 6.25. The summed E-state index contributed by atoms with van der Waals surface area (Å²) in [7, 11) is 1.59. The molecular weight excluding hydrogens is 92.0 g/mol. The molecule has 0 aromatic rings. The molecule has 0 fully saturated rings. The Labute approximate surface area is 33.5 Å². The molecule has 0 aliphatic heterocycles. The van der Waals surface area contributed by atoms with Crippen molar-refractivity contribution < 1.29 is 20.6 Å². The van der Waals surface area contributed by atoms with Crippen LogP contribution in [0.3, 0.4) is 0 Å². The van der Waals surface area contributed by atoms with Crippen molar-refractivity contribution in [2.24, 2.45) is 0 Å². The fourth-order valence-electron chi connectivity index (χ4n) is 0. The second-order valence-corrected chi connectivity index (χ2v) is 0.632. The first kappa shape index (κ1) is 4.36. The molecule has 0 aromatic heterocycles. The Morgan fingerprint density at radius 3 is 2.25 bits per heavy atom. The Morgan fingerprint density at radius 1 is 2.00 bits per heavy atom. The second kappa shape index (κ2) is 3.36. The summed E-state index contributed by atoms with van der Waals surface area (Å²) in [5.41, 5.74) is 0. The summed E-state index contributed by atoms with van der Waals surface area (Å²) in [5, 5.41) is 1.50. The molecule has 0 rings (SSSR count). The quantitative estimate of drug-likeness (QED) is 0.444. The van der Waals surface area contributed by atoms with Crippen molar-refractivity contribution in [1.82, 2.24) is 0 Å². The van der Waals surface area contributed by atoms with Crippen molar-refractivity contribution in [3.8, 4) is 0 Å². The number of rotatable bonds is 1. The van der Waals surface area contributed by atoms with Crippen LogP contribution in [-0.4, -0.2) is 12.2 Å². The van der Waals surface area contributed by atoms with Crippen LogP contribution >= 0.6 is 0 Å². The summed E-state index contributed by atoms with van der Waals surface area (Å²) in [5.74, 6) is 0. The van der Waals surface area contributed by atoms with E-state index in [9.17, 15) is 0 Å². The van der Waals surface area contributed by atoms with Gasteiger partial charge in [0, 0.05) is 0 Å². The maximum absolute atomic E-state index is 4.36. The standard InChI is InChI=1S/C2H4O.Cr/c1-3-2;/h1H,2H3;. The van der Waals surface area contributed by atoms with Crippen LogP contribution in [0.2, 0.25) is 0 Å². The summed E-state index contributed by atoms with van der Waals surface area (Å²) >= 11 is 2.55. The molecule has 0 N–H and O–H groups in total. The van der Waals surface area contributed by atoms with Crippen LogP contribution in [0.5, 0.6) is 0 Å². The van der Waals surface area contributed by atoms with Gasteiger partial charge in [0.05, 0.1) is 0 Å². The Bertz CT molecular complexity index is 20.0. The third kappa shape index (κ3) is 2.36. The van der Waals surface area contributed by atoms with Gasteiger partial charge in [-0.05, 0) is 0 Å². The number of ether oxygens (including phenoxy) is 1. The van der Waals surface area contributed by atoms with Gasteiger partial charge in [-0.25, -0.2) is 0 Å². The SMILES string of the molecule is CO[CH]=[Cr]. The average molecular weight is 96.0 g/mol. The predicted molar refractivity (Wildman–Crippen MR) is 13.1 cm³/mol. The molecule has 1 nitrogen and oxygen atoms in total. The second-order valence-electron chi connectivity index (χ2n) is 0.332. The first-order valence-electron chi connectivity index (χ1n) is 0.880. The van der Waals surface area contributed by atoms with Gasteiger partial charge < -0.3 is 0 Å². The van der Waals surface area contributed by atoms with Crippen molar-refractivity contribution in [1.29, 1.82) is 0 Å². The van der Waals surface area contributed by atoms with Crippen molar-refractivity contribution in [2.45, 2.75) is 0 Å². The van der Waals surface area contributed by atoms with Gasteiger partial charge in [0.25, 0.3) is 0 Å². The molecule has 0 heterocycles. The van der Waals surface area contributed by atoms with Gasteiger partial charge >= 0.3 is 32.8 Å². The monoisotopic (exact) mass is 96.0 g/mol. The van der Waals surface area contributed by atoms with E-state index in [2.05, 4.69) is 20.6 Å². The first-order valence-corrected chi connectivity index (χ1v) is 1.62. The predicted octanol–water partition coefficient (Wildman–Crippen LogP) is -0.0607. The van der Waals surface area contributed by atoms with Crippen molar-refractivity contribution in [3.05, 3.63) is 0 Å². The van der Waals surface area contributed by atoms with Crippen LogP contribution in [0, 0.1) is 0 Å². The van der Waals surface area contributed by atoms with Gasteiger partial charge in [-0.15, -0.1) is 0 Å². The van der Waals surface area contributed by atoms with E-state index in [1.807, 2.05) is 0 Å². The van der Waals surface area contributed by atoms with Gasteiger partial charge in [-0.1, -0.05) is 0 Å². The van der Waals surface area contributed by atoms with Gasteiger partial charge in [0.2, 0.25) is 0 Å². The van der Waals surface area contributed by atoms with E-state index < -0.39 is 0 Å². The average Bonchev–Trinajstić information content (AvgIpc) is 1.37. The zero-order valence-electron chi connectivity index (χ0n) is 2.39. The molecule has 0 aromatic carbocycles. The maximum atomic E-state index is 4.36. The molecule has 0 saturated carbocycles. The summed E-state index contributed by atoms with van der Waals surface area (Å²) in [6, 6.07) is 0. The zero-order chi connectivity index (χ0) is 3.41. The van der Waals surface area contributed by atoms with Gasteiger partial charge in [0.15, 0.2) is 0 Å². The zero-order valence-corrected chi connectivity index (χ0v) is 3.67. The molecule has 0 spiro atoms. The van der Waals surface area contributed by atoms with E-state index in [1.165, 1.54) is 5.07 Å². The minimum atomic E-state index is 1.50. The topological polar surface area (TPSA) is 9.23 Å². The third-order valence-corrected chi connectivity index (χ3v) is 0.397. The van der Waals surface area contributed by atoms with E-state index >= 15 is 0 Å². The van der Waals surface area contributed by atoms with Crippen LogP contribution in [-0.2, 0) is 20.6 Å². The van der Waals surface area contributed by atoms with Crippen molar-refractivity contribution in [2.75, 3.05) is 7.11 Å². The fourth-order valence-corrected chi connectivity index (χ4v) is 0. The number of hydrogen-bond donors (Lipinski definition) is 0. The van der Waals surface area contributed by atoms with Crippen molar-refractivity contribution >= 4 is 5.07 Å². The van der Waals surface area contributed by atoms with Crippen molar-refractivity contribution in [3.63, 3.8) is 0 Å². The van der Waals surface area contributed by atoms with Gasteiger partial charge in [0.1, 0.15) is 0 Å². The molecule has 0 amide bonds. The third-order valence-electron chi connectivity index (χ3n) is 0.0962. The summed E-state index contributed by atoms with van der Waals surface area (Å²) in [6.45, 7) is 0. The Hall–Kier alpha value is 0.362. The van der Waals surface area contributed by atoms with Crippen LogP contribution in [0.25, 0.3) is 0 Å². The van der Waals surface area contributed by atoms with E-state index in [4.69, 9.17) is 0 Å². The van der Waals surface area contributed by atoms with E-state index in [0.29, 0.717) is 0 Å². The van der Waals surface area contributed by atoms with Gasteiger partial charge in [-0.3, -0.25) is 0 Å². The van der Waals surface area contributed by atoms with Crippen LogP contribution < -0.4 is 0 Å². The van der Waals surface area contributed by atoms with E-state index in [1.54, 1.807) is 7.11 Å². The molecule has 0 saturated heterocycles. The summed E-state index contributed by atoms with van der Waals surface area (Å²) in [4.78, 5) is 0. The van der Waals surface area contributed by atoms with Crippen LogP contribution in [0.4, 0.5) is 0 Å². The van der Waals surface area contributed by atoms with Crippen LogP contribution in [0.15, 0.2) is 0 Å². The molecule has 0 aliphatic carbocycles.